The minimum atomic E-state index is 0.921. The summed E-state index contributed by atoms with van der Waals surface area (Å²) < 4.78 is 0. The van der Waals surface area contributed by atoms with Crippen LogP contribution in [0.4, 0.5) is 0 Å². The summed E-state index contributed by atoms with van der Waals surface area (Å²) in [5.74, 6) is 0. The predicted octanol–water partition coefficient (Wildman–Crippen LogP) is 11.8. The molecule has 0 fully saturated rings. The van der Waals surface area contributed by atoms with E-state index in [4.69, 9.17) is 10.7 Å². The first kappa shape index (κ1) is 35.1. The second kappa shape index (κ2) is 17.3. The molecule has 2 heterocycles. The van der Waals surface area contributed by atoms with Crippen molar-refractivity contribution in [2.45, 2.75) is 61.3 Å². The zero-order valence-corrected chi connectivity index (χ0v) is 29.3. The van der Waals surface area contributed by atoms with Crippen LogP contribution >= 0.6 is 0 Å². The van der Waals surface area contributed by atoms with Gasteiger partial charge in [-0.2, -0.15) is 0 Å². The topological polar surface area (TPSA) is 50.9 Å². The van der Waals surface area contributed by atoms with Gasteiger partial charge in [0, 0.05) is 12.2 Å². The minimum Gasteiger partial charge on any atom is -0.405 e. The van der Waals surface area contributed by atoms with Gasteiger partial charge in [0.1, 0.15) is 0 Å². The van der Waals surface area contributed by atoms with Gasteiger partial charge in [0.2, 0.25) is 0 Å². The van der Waals surface area contributed by atoms with Gasteiger partial charge >= 0.3 is 0 Å². The summed E-state index contributed by atoms with van der Waals surface area (Å²) in [5, 5.41) is 6.16. The smallest absolute Gasteiger partial charge is 0.0668 e. The van der Waals surface area contributed by atoms with Gasteiger partial charge in [-0.3, -0.25) is 4.98 Å². The number of benzene rings is 4. The number of aromatic nitrogens is 1. The first-order valence-electron chi connectivity index (χ1n) is 17.2. The number of nitrogens with one attached hydrogen (secondary N) is 1. The van der Waals surface area contributed by atoms with Crippen LogP contribution < -0.4 is 11.1 Å². The molecule has 0 bridgehead atoms. The molecule has 2 aliphatic rings. The number of fused-ring (bicyclic) bond motifs is 3. The molecule has 242 valence electrons. The summed E-state index contributed by atoms with van der Waals surface area (Å²) in [6, 6.07) is 33.6. The lowest BCUT2D eigenvalue weighted by atomic mass is 9.92. The molecule has 0 unspecified atom stereocenters. The molecular formula is C44H51N3. The van der Waals surface area contributed by atoms with E-state index in [1.807, 2.05) is 53.7 Å². The van der Waals surface area contributed by atoms with Crippen molar-refractivity contribution in [2.24, 2.45) is 5.73 Å². The van der Waals surface area contributed by atoms with Crippen molar-refractivity contribution < 1.29 is 0 Å². The summed E-state index contributed by atoms with van der Waals surface area (Å²) in [6.07, 6.45) is 9.94. The monoisotopic (exact) mass is 621 g/mol. The molecule has 0 saturated carbocycles. The van der Waals surface area contributed by atoms with Crippen molar-refractivity contribution >= 4 is 16.3 Å². The SMILES string of the molecule is C/C=C(C)\C=C/N.CC.CC.Cc1cc(-c2cccc(-c3ccc4c5c(cccc35)-c3ccccc3-4)c2)cc(C2=CCNCCC2)n1. The Balaban J connectivity index is 0.000000401. The molecule has 0 amide bonds. The van der Waals surface area contributed by atoms with E-state index in [1.54, 1.807) is 0 Å². The number of hydrogen-bond donors (Lipinski definition) is 2. The van der Waals surface area contributed by atoms with Crippen LogP contribution in [-0.4, -0.2) is 18.1 Å². The number of nitrogens with zero attached hydrogens (tertiary/aromatic N) is 1. The number of pyridine rings is 1. The molecule has 47 heavy (non-hydrogen) atoms. The molecule has 0 saturated heterocycles. The van der Waals surface area contributed by atoms with E-state index in [9.17, 15) is 0 Å². The summed E-state index contributed by atoms with van der Waals surface area (Å²) in [6.45, 7) is 16.1. The molecule has 4 aromatic carbocycles. The van der Waals surface area contributed by atoms with E-state index in [1.165, 1.54) is 72.6 Å². The van der Waals surface area contributed by atoms with Crippen LogP contribution in [0.1, 0.15) is 65.8 Å². The van der Waals surface area contributed by atoms with Gasteiger partial charge in [-0.1, -0.05) is 118 Å². The Morgan fingerprint density at radius 1 is 0.745 bits per heavy atom. The van der Waals surface area contributed by atoms with Crippen LogP contribution in [0.2, 0.25) is 0 Å². The standard InChI is InChI=1S/C34H28N2.C6H11N.2C2H6/c1-22-19-26(21-33(36-22)23-9-6-17-35-18-16-23)24-7-4-8-25(20-24)27-14-15-32-29-11-3-2-10-28(29)31-13-5-12-30(27)34(31)32;1-3-6(2)4-5-7;2*1-2/h2-5,7-8,10-16,19-21,35H,6,9,17-18H2,1H3;3-5H,7H2,1-2H3;2*1-2H3/b;5-4-,6-3-;;. The third-order valence-electron chi connectivity index (χ3n) is 8.44. The summed E-state index contributed by atoms with van der Waals surface area (Å²) in [7, 11) is 0. The Morgan fingerprint density at radius 2 is 1.40 bits per heavy atom. The highest BCUT2D eigenvalue weighted by molar-refractivity contribution is 6.18. The van der Waals surface area contributed by atoms with Crippen LogP contribution in [0.15, 0.2) is 121 Å². The van der Waals surface area contributed by atoms with E-state index >= 15 is 0 Å². The highest BCUT2D eigenvalue weighted by atomic mass is 14.8. The molecule has 1 aromatic heterocycles. The number of hydrogen-bond acceptors (Lipinski definition) is 3. The molecule has 1 aliphatic heterocycles. The molecule has 3 nitrogen and oxygen atoms in total. The highest BCUT2D eigenvalue weighted by Gasteiger charge is 2.22. The summed E-state index contributed by atoms with van der Waals surface area (Å²) >= 11 is 0. The second-order valence-corrected chi connectivity index (χ2v) is 11.3. The summed E-state index contributed by atoms with van der Waals surface area (Å²) in [5.41, 5.74) is 20.2. The Labute approximate surface area is 283 Å². The van der Waals surface area contributed by atoms with Gasteiger partial charge in [-0.15, -0.1) is 0 Å². The molecule has 0 radical (unpaired) electrons. The van der Waals surface area contributed by atoms with Crippen LogP contribution in [0.3, 0.4) is 0 Å². The molecular weight excluding hydrogens is 571 g/mol. The molecule has 5 aromatic rings. The van der Waals surface area contributed by atoms with Gasteiger partial charge in [-0.05, 0) is 131 Å². The minimum absolute atomic E-state index is 0.921. The van der Waals surface area contributed by atoms with Crippen LogP contribution in [0.25, 0.3) is 60.9 Å². The average molecular weight is 622 g/mol. The number of aryl methyl sites for hydroxylation is 1. The highest BCUT2D eigenvalue weighted by Crippen LogP contribution is 2.49. The average Bonchev–Trinajstić information content (AvgIpc) is 3.25. The molecule has 3 N–H and O–H groups in total. The van der Waals surface area contributed by atoms with Gasteiger partial charge in [0.15, 0.2) is 0 Å². The molecule has 0 atom stereocenters. The van der Waals surface area contributed by atoms with E-state index in [2.05, 4.69) is 109 Å². The Hall–Kier alpha value is -4.73. The maximum Gasteiger partial charge on any atom is 0.0668 e. The molecule has 0 spiro atoms. The third-order valence-corrected chi connectivity index (χ3v) is 8.44. The van der Waals surface area contributed by atoms with E-state index < -0.39 is 0 Å². The van der Waals surface area contributed by atoms with Gasteiger partial charge < -0.3 is 11.1 Å². The van der Waals surface area contributed by atoms with Gasteiger partial charge in [0.05, 0.1) is 5.69 Å². The Kier molecular flexibility index (Phi) is 12.9. The van der Waals surface area contributed by atoms with Crippen LogP contribution in [-0.2, 0) is 0 Å². The van der Waals surface area contributed by atoms with E-state index in [-0.39, 0.29) is 0 Å². The molecule has 7 rings (SSSR count). The normalized spacial score (nSPS) is 13.3. The zero-order valence-electron chi connectivity index (χ0n) is 29.3. The number of allylic oxidation sites excluding steroid dienone is 4. The first-order chi connectivity index (χ1) is 23.1. The van der Waals surface area contributed by atoms with Crippen LogP contribution in [0, 0.1) is 6.92 Å². The predicted molar refractivity (Wildman–Crippen MR) is 207 cm³/mol. The van der Waals surface area contributed by atoms with Crippen molar-refractivity contribution in [3.05, 3.63) is 132 Å². The Morgan fingerprint density at radius 3 is 2.11 bits per heavy atom. The molecule has 1 aliphatic carbocycles. The van der Waals surface area contributed by atoms with Gasteiger partial charge in [0.25, 0.3) is 0 Å². The quantitative estimate of drug-likeness (QED) is 0.193. The fraction of sp³-hybridized carbons (Fsp3) is 0.250. The maximum absolute atomic E-state index is 5.08. The van der Waals surface area contributed by atoms with E-state index in [0.717, 1.165) is 37.3 Å². The van der Waals surface area contributed by atoms with Crippen molar-refractivity contribution in [3.63, 3.8) is 0 Å². The first-order valence-corrected chi connectivity index (χ1v) is 17.2. The lowest BCUT2D eigenvalue weighted by Crippen LogP contribution is -2.12. The van der Waals surface area contributed by atoms with Crippen molar-refractivity contribution in [2.75, 3.05) is 13.1 Å². The summed E-state index contributed by atoms with van der Waals surface area (Å²) in [4.78, 5) is 4.90. The van der Waals surface area contributed by atoms with Crippen molar-refractivity contribution in [1.29, 1.82) is 0 Å². The number of nitrogens with two attached hydrogens (primary N) is 1. The fourth-order valence-electron chi connectivity index (χ4n) is 6.21. The Bertz CT molecular complexity index is 1860. The van der Waals surface area contributed by atoms with E-state index in [0.29, 0.717) is 0 Å². The lowest BCUT2D eigenvalue weighted by Gasteiger charge is -2.13. The van der Waals surface area contributed by atoms with Gasteiger partial charge in [-0.25, -0.2) is 0 Å². The van der Waals surface area contributed by atoms with Crippen molar-refractivity contribution in [1.82, 2.24) is 10.3 Å². The third kappa shape index (κ3) is 7.99. The zero-order chi connectivity index (χ0) is 33.8. The maximum atomic E-state index is 5.08. The number of rotatable bonds is 4. The lowest BCUT2D eigenvalue weighted by molar-refractivity contribution is 0.722. The van der Waals surface area contributed by atoms with Crippen LogP contribution in [0.5, 0.6) is 0 Å². The second-order valence-electron chi connectivity index (χ2n) is 11.3. The molecule has 3 heteroatoms. The van der Waals surface area contributed by atoms with Crippen molar-refractivity contribution in [3.8, 4) is 44.5 Å². The fourth-order valence-corrected chi connectivity index (χ4v) is 6.21. The largest absolute Gasteiger partial charge is 0.405 e.